The summed E-state index contributed by atoms with van der Waals surface area (Å²) in [5, 5.41) is 0. The van der Waals surface area contributed by atoms with Gasteiger partial charge in [0.05, 0.1) is 26.2 Å². The van der Waals surface area contributed by atoms with E-state index in [9.17, 15) is 19.2 Å². The zero-order chi connectivity index (χ0) is 26.7. The summed E-state index contributed by atoms with van der Waals surface area (Å²) in [6.45, 7) is 20.4. The molecule has 9 nitrogen and oxygen atoms in total. The lowest BCUT2D eigenvalue weighted by molar-refractivity contribution is -0.158. The Kier molecular flexibility index (Phi) is 13.7. The lowest BCUT2D eigenvalue weighted by Gasteiger charge is -2.31. The molecule has 198 valence electrons. The molecule has 0 saturated carbocycles. The number of Topliss-reactive ketones (excluding diaryl/α,β-unsaturated/α-hetero) is 2. The fourth-order valence-electron chi connectivity index (χ4n) is 3.27. The maximum Gasteiger partial charge on any atom is 0.320 e. The Labute approximate surface area is 206 Å². The fourth-order valence-corrected chi connectivity index (χ4v) is 3.27. The minimum atomic E-state index is -0.612. The maximum atomic E-state index is 12.5. The SMILES string of the molecule is CC(=O)CN(CCN(CCN(CC(C)=O)C(C)C)CC(=O)OC(C)(C)C)CC(=O)OC(C)(C)C. The van der Waals surface area contributed by atoms with Crippen LogP contribution in [0.3, 0.4) is 0 Å². The Morgan fingerprint density at radius 3 is 1.38 bits per heavy atom. The second kappa shape index (κ2) is 14.5. The first-order valence-electron chi connectivity index (χ1n) is 12.0. The van der Waals surface area contributed by atoms with E-state index in [0.717, 1.165) is 0 Å². The maximum absolute atomic E-state index is 12.5. The number of carbonyl (C=O) groups is 4. The summed E-state index contributed by atoms with van der Waals surface area (Å²) in [6, 6.07) is 0.175. The van der Waals surface area contributed by atoms with Crippen molar-refractivity contribution in [3.63, 3.8) is 0 Å². The molecule has 0 fully saturated rings. The number of hydrogen-bond acceptors (Lipinski definition) is 9. The van der Waals surface area contributed by atoms with Crippen LogP contribution in [0.15, 0.2) is 0 Å². The van der Waals surface area contributed by atoms with Crippen LogP contribution in [0.25, 0.3) is 0 Å². The average molecular weight is 486 g/mol. The van der Waals surface area contributed by atoms with Gasteiger partial charge in [-0.05, 0) is 69.2 Å². The summed E-state index contributed by atoms with van der Waals surface area (Å²) in [7, 11) is 0. The van der Waals surface area contributed by atoms with Crippen molar-refractivity contribution in [3.8, 4) is 0 Å². The molecule has 0 aromatic rings. The monoisotopic (exact) mass is 485 g/mol. The predicted octanol–water partition coefficient (Wildman–Crippen LogP) is 2.16. The Balaban J connectivity index is 5.34. The summed E-state index contributed by atoms with van der Waals surface area (Å²) in [6.07, 6.45) is 0. The normalized spacial score (nSPS) is 12.5. The first-order valence-corrected chi connectivity index (χ1v) is 12.0. The zero-order valence-electron chi connectivity index (χ0n) is 23.0. The first-order chi connectivity index (χ1) is 15.4. The third kappa shape index (κ3) is 17.6. The second-order valence-corrected chi connectivity index (χ2v) is 11.1. The first kappa shape index (κ1) is 32.2. The van der Waals surface area contributed by atoms with Gasteiger partial charge in [-0.15, -0.1) is 0 Å². The van der Waals surface area contributed by atoms with Crippen LogP contribution in [0, 0.1) is 0 Å². The predicted molar refractivity (Wildman–Crippen MR) is 133 cm³/mol. The Hall–Kier alpha value is -1.84. The quantitative estimate of drug-likeness (QED) is 0.323. The van der Waals surface area contributed by atoms with E-state index in [0.29, 0.717) is 32.7 Å². The van der Waals surface area contributed by atoms with Crippen LogP contribution in [-0.4, -0.2) is 108 Å². The molecule has 0 unspecified atom stereocenters. The molecule has 0 spiro atoms. The van der Waals surface area contributed by atoms with Crippen molar-refractivity contribution in [1.82, 2.24) is 14.7 Å². The van der Waals surface area contributed by atoms with E-state index in [1.54, 1.807) is 32.6 Å². The van der Waals surface area contributed by atoms with E-state index in [2.05, 4.69) is 4.90 Å². The third-order valence-corrected chi connectivity index (χ3v) is 4.58. The highest BCUT2D eigenvalue weighted by Gasteiger charge is 2.23. The van der Waals surface area contributed by atoms with Gasteiger partial charge in [-0.1, -0.05) is 0 Å². The van der Waals surface area contributed by atoms with Crippen molar-refractivity contribution in [2.45, 2.75) is 86.5 Å². The van der Waals surface area contributed by atoms with Crippen LogP contribution in [0.5, 0.6) is 0 Å². The summed E-state index contributed by atoms with van der Waals surface area (Å²) in [5.41, 5.74) is -1.21. The lowest BCUT2D eigenvalue weighted by atomic mass is 10.2. The number of hydrogen-bond donors (Lipinski definition) is 0. The standard InChI is InChI=1S/C25H47N3O6/c1-19(2)28(16-21(4)30)14-13-26(17-22(31)33-24(5,6)7)11-12-27(15-20(3)29)18-23(32)34-25(8,9)10/h19H,11-18H2,1-10H3. The molecule has 0 saturated heterocycles. The number of rotatable bonds is 15. The number of nitrogens with zero attached hydrogens (tertiary/aromatic N) is 3. The molecule has 0 atom stereocenters. The Bertz CT molecular complexity index is 679. The van der Waals surface area contributed by atoms with Crippen LogP contribution in [-0.2, 0) is 28.7 Å². The Morgan fingerprint density at radius 2 is 1.00 bits per heavy atom. The number of carbonyl (C=O) groups excluding carboxylic acids is 4. The van der Waals surface area contributed by atoms with E-state index >= 15 is 0 Å². The van der Waals surface area contributed by atoms with E-state index in [4.69, 9.17) is 9.47 Å². The van der Waals surface area contributed by atoms with Crippen molar-refractivity contribution in [2.75, 3.05) is 52.4 Å². The number of esters is 2. The van der Waals surface area contributed by atoms with Gasteiger partial charge in [0, 0.05) is 32.2 Å². The smallest absolute Gasteiger partial charge is 0.320 e. The summed E-state index contributed by atoms with van der Waals surface area (Å²) in [4.78, 5) is 54.0. The molecule has 0 aromatic heterocycles. The highest BCUT2D eigenvalue weighted by molar-refractivity contribution is 5.79. The summed E-state index contributed by atoms with van der Waals surface area (Å²) < 4.78 is 10.9. The molecule has 0 amide bonds. The van der Waals surface area contributed by atoms with Gasteiger partial charge in [-0.25, -0.2) is 0 Å². The van der Waals surface area contributed by atoms with Gasteiger partial charge in [0.2, 0.25) is 0 Å². The second-order valence-electron chi connectivity index (χ2n) is 11.1. The van der Waals surface area contributed by atoms with Crippen molar-refractivity contribution in [3.05, 3.63) is 0 Å². The third-order valence-electron chi connectivity index (χ3n) is 4.58. The van der Waals surface area contributed by atoms with E-state index in [1.165, 1.54) is 6.92 Å². The highest BCUT2D eigenvalue weighted by atomic mass is 16.6. The van der Waals surface area contributed by atoms with Gasteiger partial charge in [-0.2, -0.15) is 0 Å². The van der Waals surface area contributed by atoms with Crippen LogP contribution < -0.4 is 0 Å². The van der Waals surface area contributed by atoms with Crippen molar-refractivity contribution in [2.24, 2.45) is 0 Å². The fraction of sp³-hybridized carbons (Fsp3) is 0.840. The Morgan fingerprint density at radius 1 is 0.618 bits per heavy atom. The largest absolute Gasteiger partial charge is 0.459 e. The molecule has 0 aromatic carbocycles. The molecule has 0 bridgehead atoms. The molecule has 0 aliphatic heterocycles. The van der Waals surface area contributed by atoms with Gasteiger partial charge < -0.3 is 9.47 Å². The molecule has 0 heterocycles. The zero-order valence-corrected chi connectivity index (χ0v) is 23.0. The number of ether oxygens (including phenoxy) is 2. The molecule has 0 radical (unpaired) electrons. The van der Waals surface area contributed by atoms with Gasteiger partial charge in [0.15, 0.2) is 0 Å². The van der Waals surface area contributed by atoms with Gasteiger partial charge in [0.1, 0.15) is 22.8 Å². The highest BCUT2D eigenvalue weighted by Crippen LogP contribution is 2.09. The molecule has 0 aliphatic carbocycles. The topological polar surface area (TPSA) is 96.5 Å². The number of ketones is 2. The van der Waals surface area contributed by atoms with Crippen LogP contribution >= 0.6 is 0 Å². The van der Waals surface area contributed by atoms with Crippen LogP contribution in [0.4, 0.5) is 0 Å². The minimum Gasteiger partial charge on any atom is -0.459 e. The van der Waals surface area contributed by atoms with E-state index in [-0.39, 0.29) is 43.2 Å². The van der Waals surface area contributed by atoms with Crippen molar-refractivity contribution in [1.29, 1.82) is 0 Å². The molecule has 0 N–H and O–H groups in total. The molecule has 0 rings (SSSR count). The molecular weight excluding hydrogens is 438 g/mol. The van der Waals surface area contributed by atoms with Crippen molar-refractivity contribution < 1.29 is 28.7 Å². The molecule has 34 heavy (non-hydrogen) atoms. The van der Waals surface area contributed by atoms with Gasteiger partial charge in [0.25, 0.3) is 0 Å². The molecule has 9 heteroatoms. The lowest BCUT2D eigenvalue weighted by Crippen LogP contribution is -2.46. The molecule has 0 aliphatic rings. The van der Waals surface area contributed by atoms with Gasteiger partial charge >= 0.3 is 11.9 Å². The van der Waals surface area contributed by atoms with E-state index in [1.807, 2.05) is 39.5 Å². The molecular formula is C25H47N3O6. The van der Waals surface area contributed by atoms with Crippen LogP contribution in [0.2, 0.25) is 0 Å². The van der Waals surface area contributed by atoms with Crippen molar-refractivity contribution >= 4 is 23.5 Å². The summed E-state index contributed by atoms with van der Waals surface area (Å²) in [5.74, 6) is -0.729. The minimum absolute atomic E-state index is 0.0143. The van der Waals surface area contributed by atoms with Crippen LogP contribution in [0.1, 0.15) is 69.2 Å². The van der Waals surface area contributed by atoms with Gasteiger partial charge in [-0.3, -0.25) is 33.9 Å². The summed E-state index contributed by atoms with van der Waals surface area (Å²) >= 11 is 0. The van der Waals surface area contributed by atoms with E-state index < -0.39 is 17.2 Å². The average Bonchev–Trinajstić information content (AvgIpc) is 2.58.